The number of aromatic amines is 1. The van der Waals surface area contributed by atoms with Gasteiger partial charge in [-0.2, -0.15) is 0 Å². The van der Waals surface area contributed by atoms with Crippen LogP contribution in [0.4, 0.5) is 0 Å². The molecule has 78 valence electrons. The molecule has 3 heteroatoms. The van der Waals surface area contributed by atoms with Gasteiger partial charge in [-0.1, -0.05) is 41.9 Å². The molecule has 0 aliphatic carbocycles. The number of nitrogens with one attached hydrogen (secondary N) is 1. The molecule has 0 fully saturated rings. The Kier molecular flexibility index (Phi) is 2.91. The molecule has 2 nitrogen and oxygen atoms in total. The summed E-state index contributed by atoms with van der Waals surface area (Å²) >= 11 is 3.46. The number of halogens is 1. The van der Waals surface area contributed by atoms with Crippen LogP contribution >= 0.6 is 15.9 Å². The second-order valence-corrected chi connectivity index (χ2v) is 4.76. The molecule has 1 aromatic heterocycles. The van der Waals surface area contributed by atoms with Crippen molar-refractivity contribution >= 4 is 15.9 Å². The summed E-state index contributed by atoms with van der Waals surface area (Å²) in [4.78, 5) is 7.68. The number of hydrogen-bond acceptors (Lipinski definition) is 1. The van der Waals surface area contributed by atoms with Crippen molar-refractivity contribution in [2.24, 2.45) is 0 Å². The molecule has 0 amide bonds. The zero-order valence-corrected chi connectivity index (χ0v) is 10.4. The van der Waals surface area contributed by atoms with E-state index in [0.29, 0.717) is 5.92 Å². The van der Waals surface area contributed by atoms with Gasteiger partial charge in [0.25, 0.3) is 0 Å². The minimum absolute atomic E-state index is 0.436. The van der Waals surface area contributed by atoms with Crippen molar-refractivity contribution in [1.29, 1.82) is 0 Å². The highest BCUT2D eigenvalue weighted by Gasteiger charge is 2.05. The van der Waals surface area contributed by atoms with Gasteiger partial charge in [0.1, 0.15) is 5.82 Å². The van der Waals surface area contributed by atoms with E-state index in [0.717, 1.165) is 21.6 Å². The highest BCUT2D eigenvalue weighted by Crippen LogP contribution is 2.22. The van der Waals surface area contributed by atoms with Crippen molar-refractivity contribution < 1.29 is 0 Å². The maximum Gasteiger partial charge on any atom is 0.109 e. The molecule has 0 spiro atoms. The van der Waals surface area contributed by atoms with Gasteiger partial charge >= 0.3 is 0 Å². The summed E-state index contributed by atoms with van der Waals surface area (Å²) in [6.07, 6.45) is 1.89. The largest absolute Gasteiger partial charge is 0.342 e. The fourth-order valence-corrected chi connectivity index (χ4v) is 1.83. The Balaban J connectivity index is 2.37. The monoisotopic (exact) mass is 264 g/mol. The van der Waals surface area contributed by atoms with E-state index < -0.39 is 0 Å². The molecular weight excluding hydrogens is 252 g/mol. The average Bonchev–Trinajstić information content (AvgIpc) is 2.66. The summed E-state index contributed by atoms with van der Waals surface area (Å²) in [5, 5.41) is 0. The summed E-state index contributed by atoms with van der Waals surface area (Å²) in [6, 6.07) is 8.19. The first-order valence-electron chi connectivity index (χ1n) is 4.97. The van der Waals surface area contributed by atoms with E-state index in [1.165, 1.54) is 0 Å². The van der Waals surface area contributed by atoms with Gasteiger partial charge in [-0.3, -0.25) is 0 Å². The standard InChI is InChI=1S/C12H13BrN2/c1-8(2)12-14-7-11(15-12)9-4-3-5-10(13)6-9/h3-8H,1-2H3,(H,14,15). The molecular formula is C12H13BrN2. The zero-order valence-electron chi connectivity index (χ0n) is 8.79. The number of aromatic nitrogens is 2. The molecule has 0 saturated carbocycles. The number of benzene rings is 1. The Labute approximate surface area is 97.9 Å². The zero-order chi connectivity index (χ0) is 10.8. The van der Waals surface area contributed by atoms with Gasteiger partial charge in [0.2, 0.25) is 0 Å². The van der Waals surface area contributed by atoms with Crippen molar-refractivity contribution in [3.8, 4) is 11.3 Å². The molecule has 1 N–H and O–H groups in total. The van der Waals surface area contributed by atoms with Crippen LogP contribution in [0.1, 0.15) is 25.6 Å². The van der Waals surface area contributed by atoms with Gasteiger partial charge in [-0.15, -0.1) is 0 Å². The molecule has 0 aliphatic rings. The Bertz CT molecular complexity index is 460. The SMILES string of the molecule is CC(C)c1ncc(-c2cccc(Br)c2)[nH]1. The van der Waals surface area contributed by atoms with Crippen molar-refractivity contribution in [1.82, 2.24) is 9.97 Å². The quantitative estimate of drug-likeness (QED) is 0.874. The molecule has 0 saturated heterocycles. The third kappa shape index (κ3) is 2.29. The van der Waals surface area contributed by atoms with E-state index in [9.17, 15) is 0 Å². The number of hydrogen-bond donors (Lipinski definition) is 1. The normalized spacial score (nSPS) is 10.9. The summed E-state index contributed by atoms with van der Waals surface area (Å²) in [7, 11) is 0. The van der Waals surface area contributed by atoms with Gasteiger partial charge in [-0.25, -0.2) is 4.98 Å². The van der Waals surface area contributed by atoms with E-state index in [4.69, 9.17) is 0 Å². The highest BCUT2D eigenvalue weighted by molar-refractivity contribution is 9.10. The lowest BCUT2D eigenvalue weighted by atomic mass is 10.2. The van der Waals surface area contributed by atoms with Crippen molar-refractivity contribution in [3.63, 3.8) is 0 Å². The van der Waals surface area contributed by atoms with Crippen LogP contribution < -0.4 is 0 Å². The fourth-order valence-electron chi connectivity index (χ4n) is 1.43. The Morgan fingerprint density at radius 3 is 2.73 bits per heavy atom. The third-order valence-electron chi connectivity index (χ3n) is 2.28. The smallest absolute Gasteiger partial charge is 0.109 e. The van der Waals surface area contributed by atoms with Crippen LogP contribution in [0.25, 0.3) is 11.3 Å². The molecule has 0 unspecified atom stereocenters. The Morgan fingerprint density at radius 1 is 1.33 bits per heavy atom. The van der Waals surface area contributed by atoms with E-state index in [1.807, 2.05) is 18.3 Å². The van der Waals surface area contributed by atoms with Crippen LogP contribution in [0, 0.1) is 0 Å². The Hall–Kier alpha value is -1.09. The van der Waals surface area contributed by atoms with Crippen molar-refractivity contribution in [2.75, 3.05) is 0 Å². The summed E-state index contributed by atoms with van der Waals surface area (Å²) in [5.41, 5.74) is 2.23. The molecule has 2 aromatic rings. The lowest BCUT2D eigenvalue weighted by Crippen LogP contribution is -1.89. The second-order valence-electron chi connectivity index (χ2n) is 3.85. The maximum absolute atomic E-state index is 4.35. The second kappa shape index (κ2) is 4.19. The molecule has 0 atom stereocenters. The predicted molar refractivity (Wildman–Crippen MR) is 65.8 cm³/mol. The van der Waals surface area contributed by atoms with E-state index in [2.05, 4.69) is 51.9 Å². The molecule has 0 bridgehead atoms. The maximum atomic E-state index is 4.35. The van der Waals surface area contributed by atoms with Crippen LogP contribution in [0.5, 0.6) is 0 Å². The lowest BCUT2D eigenvalue weighted by molar-refractivity contribution is 0.795. The first-order valence-corrected chi connectivity index (χ1v) is 5.77. The van der Waals surface area contributed by atoms with Crippen LogP contribution in [-0.4, -0.2) is 9.97 Å². The summed E-state index contributed by atoms with van der Waals surface area (Å²) in [6.45, 7) is 4.26. The minimum Gasteiger partial charge on any atom is -0.342 e. The summed E-state index contributed by atoms with van der Waals surface area (Å²) < 4.78 is 1.08. The van der Waals surface area contributed by atoms with Gasteiger partial charge in [0.05, 0.1) is 11.9 Å². The fraction of sp³-hybridized carbons (Fsp3) is 0.250. The van der Waals surface area contributed by atoms with E-state index in [1.54, 1.807) is 0 Å². The lowest BCUT2D eigenvalue weighted by Gasteiger charge is -2.00. The van der Waals surface area contributed by atoms with Gasteiger partial charge in [0, 0.05) is 16.0 Å². The predicted octanol–water partition coefficient (Wildman–Crippen LogP) is 3.96. The Morgan fingerprint density at radius 2 is 2.13 bits per heavy atom. The average molecular weight is 265 g/mol. The molecule has 0 radical (unpaired) electrons. The number of imidazole rings is 1. The first kappa shape index (κ1) is 10.4. The molecule has 0 aliphatic heterocycles. The number of H-pyrrole nitrogens is 1. The molecule has 2 rings (SSSR count). The van der Waals surface area contributed by atoms with E-state index >= 15 is 0 Å². The van der Waals surface area contributed by atoms with E-state index in [-0.39, 0.29) is 0 Å². The molecule has 1 aromatic carbocycles. The van der Waals surface area contributed by atoms with Crippen molar-refractivity contribution in [2.45, 2.75) is 19.8 Å². The first-order chi connectivity index (χ1) is 7.16. The minimum atomic E-state index is 0.436. The van der Waals surface area contributed by atoms with Gasteiger partial charge < -0.3 is 4.98 Å². The van der Waals surface area contributed by atoms with Gasteiger partial charge in [-0.05, 0) is 12.1 Å². The third-order valence-corrected chi connectivity index (χ3v) is 2.77. The highest BCUT2D eigenvalue weighted by atomic mass is 79.9. The van der Waals surface area contributed by atoms with Crippen LogP contribution in [0.15, 0.2) is 34.9 Å². The number of nitrogens with zero attached hydrogens (tertiary/aromatic N) is 1. The van der Waals surface area contributed by atoms with Crippen molar-refractivity contribution in [3.05, 3.63) is 40.8 Å². The topological polar surface area (TPSA) is 28.7 Å². The molecule has 15 heavy (non-hydrogen) atoms. The van der Waals surface area contributed by atoms with Crippen LogP contribution in [0.3, 0.4) is 0 Å². The van der Waals surface area contributed by atoms with Gasteiger partial charge in [0.15, 0.2) is 0 Å². The number of rotatable bonds is 2. The summed E-state index contributed by atoms with van der Waals surface area (Å²) in [5.74, 6) is 1.47. The molecule has 1 heterocycles. The van der Waals surface area contributed by atoms with Crippen LogP contribution in [0.2, 0.25) is 0 Å². The van der Waals surface area contributed by atoms with Crippen LogP contribution in [-0.2, 0) is 0 Å².